The highest BCUT2D eigenvalue weighted by molar-refractivity contribution is 6.35. The van der Waals surface area contributed by atoms with Gasteiger partial charge in [0.2, 0.25) is 0 Å². The Kier molecular flexibility index (Phi) is 7.69. The molecule has 0 bridgehead atoms. The third-order valence-electron chi connectivity index (χ3n) is 6.97. The molecule has 9 heteroatoms. The second-order valence-corrected chi connectivity index (χ2v) is 9.57. The lowest BCUT2D eigenvalue weighted by Crippen LogP contribution is -2.50. The monoisotopic (exact) mass is 519 g/mol. The molecule has 1 saturated heterocycles. The quantitative estimate of drug-likeness (QED) is 0.258. The molecule has 0 radical (unpaired) electrons. The molecular formula is C28H30ClN5O3. The first-order valence-corrected chi connectivity index (χ1v) is 13.0. The molecule has 4 aromatic rings. The summed E-state index contributed by atoms with van der Waals surface area (Å²) in [6.07, 6.45) is 6.25. The fraction of sp³-hybridized carbons (Fsp3) is 0.321. The van der Waals surface area contributed by atoms with Crippen molar-refractivity contribution in [2.75, 3.05) is 25.0 Å². The molecule has 2 aromatic heterocycles. The van der Waals surface area contributed by atoms with Gasteiger partial charge in [-0.3, -0.25) is 9.69 Å². The number of benzene rings is 2. The zero-order chi connectivity index (χ0) is 25.8. The number of carbonyl (C=O) groups excluding carboxylic acids is 1. The van der Waals surface area contributed by atoms with Crippen LogP contribution >= 0.6 is 11.6 Å². The van der Waals surface area contributed by atoms with Crippen molar-refractivity contribution in [1.82, 2.24) is 19.9 Å². The number of nitrogens with zero attached hydrogens (tertiary/aromatic N) is 3. The predicted octanol–water partition coefficient (Wildman–Crippen LogP) is 5.28. The van der Waals surface area contributed by atoms with Crippen molar-refractivity contribution in [2.45, 2.75) is 38.3 Å². The maximum atomic E-state index is 13.6. The van der Waals surface area contributed by atoms with Gasteiger partial charge in [0.15, 0.2) is 5.78 Å². The van der Waals surface area contributed by atoms with E-state index < -0.39 is 0 Å². The van der Waals surface area contributed by atoms with Crippen LogP contribution < -0.4 is 10.1 Å². The number of aliphatic hydroxyl groups is 1. The molecule has 2 atom stereocenters. The summed E-state index contributed by atoms with van der Waals surface area (Å²) in [6, 6.07) is 14.9. The van der Waals surface area contributed by atoms with Crippen LogP contribution in [-0.2, 0) is 0 Å². The van der Waals surface area contributed by atoms with Crippen LogP contribution in [0.2, 0.25) is 5.02 Å². The lowest BCUT2D eigenvalue weighted by atomic mass is 9.95. The van der Waals surface area contributed by atoms with Gasteiger partial charge in [-0.25, -0.2) is 9.97 Å². The minimum absolute atomic E-state index is 0.161. The number of nitrogens with one attached hydrogen (secondary N) is 2. The van der Waals surface area contributed by atoms with E-state index in [1.54, 1.807) is 24.4 Å². The lowest BCUT2D eigenvalue weighted by molar-refractivity contribution is 0.0543. The largest absolute Gasteiger partial charge is 0.457 e. The van der Waals surface area contributed by atoms with E-state index in [9.17, 15) is 9.90 Å². The number of halogens is 1. The molecule has 5 rings (SSSR count). The number of likely N-dealkylation sites (N-methyl/N-ethyl adjacent to an activating group) is 1. The number of ketones is 1. The molecule has 0 saturated carbocycles. The summed E-state index contributed by atoms with van der Waals surface area (Å²) in [4.78, 5) is 27.8. The topological polar surface area (TPSA) is 103 Å². The van der Waals surface area contributed by atoms with Crippen LogP contribution in [0.25, 0.3) is 11.0 Å². The first kappa shape index (κ1) is 25.2. The minimum Gasteiger partial charge on any atom is -0.457 e. The number of para-hydroxylation sites is 1. The number of likely N-dealkylation sites (tertiary alicyclic amines) is 1. The van der Waals surface area contributed by atoms with Crippen molar-refractivity contribution in [2.24, 2.45) is 0 Å². The molecule has 2 unspecified atom stereocenters. The van der Waals surface area contributed by atoms with E-state index in [2.05, 4.69) is 32.1 Å². The molecule has 8 nitrogen and oxygen atoms in total. The standard InChI is InChI=1S/C28H30ClN5O3/c1-2-34-18(7-6-8-19(34)16-35)14-30-27-25-23(15-31-28(25)33-17-32-27)26(36)22-12-11-21(13-24(22)29)37-20-9-4-3-5-10-20/h3-5,9-13,15,17-19,35H,2,6-8,14,16H2,1H3,(H2,30,31,32,33). The fourth-order valence-electron chi connectivity index (χ4n) is 5.15. The number of carbonyl (C=O) groups is 1. The number of anilines is 1. The van der Waals surface area contributed by atoms with E-state index in [1.807, 2.05) is 30.3 Å². The third kappa shape index (κ3) is 5.32. The number of H-pyrrole nitrogens is 1. The van der Waals surface area contributed by atoms with Crippen molar-refractivity contribution in [1.29, 1.82) is 0 Å². The molecule has 3 heterocycles. The number of aromatic amines is 1. The first-order chi connectivity index (χ1) is 18.1. The number of aromatic nitrogens is 3. The van der Waals surface area contributed by atoms with Gasteiger partial charge >= 0.3 is 0 Å². The van der Waals surface area contributed by atoms with Crippen LogP contribution in [0, 0.1) is 0 Å². The average molecular weight is 520 g/mol. The van der Waals surface area contributed by atoms with Gasteiger partial charge in [-0.2, -0.15) is 0 Å². The van der Waals surface area contributed by atoms with E-state index >= 15 is 0 Å². The van der Waals surface area contributed by atoms with Crippen LogP contribution in [-0.4, -0.2) is 62.5 Å². The Labute approximate surface area is 220 Å². The number of rotatable bonds is 9. The highest BCUT2D eigenvalue weighted by Crippen LogP contribution is 2.31. The van der Waals surface area contributed by atoms with Gasteiger partial charge in [-0.05, 0) is 43.7 Å². The molecular weight excluding hydrogens is 490 g/mol. The minimum atomic E-state index is -0.228. The highest BCUT2D eigenvalue weighted by atomic mass is 35.5. The van der Waals surface area contributed by atoms with E-state index in [-0.39, 0.29) is 24.5 Å². The van der Waals surface area contributed by atoms with Gasteiger partial charge in [0.05, 0.1) is 22.6 Å². The van der Waals surface area contributed by atoms with E-state index in [4.69, 9.17) is 16.3 Å². The van der Waals surface area contributed by atoms with Gasteiger partial charge in [0.25, 0.3) is 0 Å². The maximum Gasteiger partial charge on any atom is 0.196 e. The summed E-state index contributed by atoms with van der Waals surface area (Å²) in [5.41, 5.74) is 1.39. The van der Waals surface area contributed by atoms with E-state index in [0.29, 0.717) is 51.0 Å². The number of piperidine rings is 1. The van der Waals surface area contributed by atoms with Crippen molar-refractivity contribution in [3.8, 4) is 11.5 Å². The third-order valence-corrected chi connectivity index (χ3v) is 7.29. The predicted molar refractivity (Wildman–Crippen MR) is 145 cm³/mol. The molecule has 192 valence electrons. The van der Waals surface area contributed by atoms with Gasteiger partial charge in [-0.1, -0.05) is 43.1 Å². The van der Waals surface area contributed by atoms with Crippen LogP contribution in [0.4, 0.5) is 5.82 Å². The van der Waals surface area contributed by atoms with Crippen molar-refractivity contribution >= 4 is 34.2 Å². The molecule has 1 aliphatic rings. The molecule has 0 aliphatic carbocycles. The van der Waals surface area contributed by atoms with Crippen LogP contribution in [0.15, 0.2) is 61.1 Å². The normalized spacial score (nSPS) is 18.1. The summed E-state index contributed by atoms with van der Waals surface area (Å²) in [7, 11) is 0. The summed E-state index contributed by atoms with van der Waals surface area (Å²) < 4.78 is 5.85. The molecule has 37 heavy (non-hydrogen) atoms. The van der Waals surface area contributed by atoms with Crippen molar-refractivity contribution in [3.05, 3.63) is 77.2 Å². The van der Waals surface area contributed by atoms with Gasteiger partial charge in [0, 0.05) is 36.5 Å². The fourth-order valence-corrected chi connectivity index (χ4v) is 5.41. The molecule has 1 aliphatic heterocycles. The average Bonchev–Trinajstić information content (AvgIpc) is 3.37. The Bertz CT molecular complexity index is 1380. The summed E-state index contributed by atoms with van der Waals surface area (Å²) >= 11 is 6.54. The Morgan fingerprint density at radius 2 is 1.95 bits per heavy atom. The number of ether oxygens (including phenoxy) is 1. The zero-order valence-electron chi connectivity index (χ0n) is 20.7. The van der Waals surface area contributed by atoms with Crippen LogP contribution in [0.1, 0.15) is 42.1 Å². The number of hydrogen-bond acceptors (Lipinski definition) is 7. The lowest BCUT2D eigenvalue weighted by Gasteiger charge is -2.41. The number of fused-ring (bicyclic) bond motifs is 1. The number of hydrogen-bond donors (Lipinski definition) is 3. The molecule has 2 aromatic carbocycles. The molecule has 3 N–H and O–H groups in total. The second kappa shape index (κ2) is 11.3. The SMILES string of the molecule is CCN1C(CO)CCCC1CNc1ncnc2[nH]cc(C(=O)c3ccc(Oc4ccccc4)cc3Cl)c12. The summed E-state index contributed by atoms with van der Waals surface area (Å²) in [6.45, 7) is 3.80. The van der Waals surface area contributed by atoms with E-state index in [1.165, 1.54) is 6.33 Å². The summed E-state index contributed by atoms with van der Waals surface area (Å²) in [5, 5.41) is 14.2. The first-order valence-electron chi connectivity index (χ1n) is 12.6. The number of aliphatic hydroxyl groups excluding tert-OH is 1. The maximum absolute atomic E-state index is 13.6. The zero-order valence-corrected chi connectivity index (χ0v) is 21.4. The Morgan fingerprint density at radius 1 is 1.14 bits per heavy atom. The van der Waals surface area contributed by atoms with E-state index in [0.717, 1.165) is 25.8 Å². The smallest absolute Gasteiger partial charge is 0.196 e. The van der Waals surface area contributed by atoms with Crippen LogP contribution in [0.5, 0.6) is 11.5 Å². The molecule has 1 fully saturated rings. The molecule has 0 amide bonds. The Morgan fingerprint density at radius 3 is 2.70 bits per heavy atom. The Hall–Kier alpha value is -3.46. The van der Waals surface area contributed by atoms with Crippen molar-refractivity contribution in [3.63, 3.8) is 0 Å². The summed E-state index contributed by atoms with van der Waals surface area (Å²) in [5.74, 6) is 1.60. The van der Waals surface area contributed by atoms with Crippen molar-refractivity contribution < 1.29 is 14.6 Å². The Balaban J connectivity index is 1.38. The molecule has 0 spiro atoms. The van der Waals surface area contributed by atoms with Gasteiger partial charge < -0.3 is 20.1 Å². The van der Waals surface area contributed by atoms with Crippen LogP contribution in [0.3, 0.4) is 0 Å². The second-order valence-electron chi connectivity index (χ2n) is 9.17. The van der Waals surface area contributed by atoms with Gasteiger partial charge in [-0.15, -0.1) is 0 Å². The highest BCUT2D eigenvalue weighted by Gasteiger charge is 2.29. The van der Waals surface area contributed by atoms with Gasteiger partial charge in [0.1, 0.15) is 29.3 Å².